The minimum atomic E-state index is -0.979. The highest BCUT2D eigenvalue weighted by molar-refractivity contribution is 6.30. The predicted octanol–water partition coefficient (Wildman–Crippen LogP) is 5.91. The van der Waals surface area contributed by atoms with Crippen molar-refractivity contribution < 1.29 is 9.84 Å². The first-order valence-corrected chi connectivity index (χ1v) is 10.8. The van der Waals surface area contributed by atoms with Crippen LogP contribution in [-0.2, 0) is 10.3 Å². The van der Waals surface area contributed by atoms with E-state index in [-0.39, 0.29) is 18.3 Å². The molecule has 0 amide bonds. The smallest absolute Gasteiger partial charge is 0.0977 e. The molecule has 0 saturated carbocycles. The number of hydrogen-bond donors (Lipinski definition) is 1. The molecule has 0 bridgehead atoms. The fourth-order valence-electron chi connectivity index (χ4n) is 3.97. The first-order chi connectivity index (χ1) is 13.5. The molecule has 1 saturated heterocycles. The summed E-state index contributed by atoms with van der Waals surface area (Å²) in [6.07, 6.45) is 2.68. The number of halogens is 3. The van der Waals surface area contributed by atoms with E-state index in [9.17, 15) is 5.11 Å². The van der Waals surface area contributed by atoms with Crippen molar-refractivity contribution in [1.29, 1.82) is 0 Å². The summed E-state index contributed by atoms with van der Waals surface area (Å²) in [5.41, 5.74) is 1.04. The topological polar surface area (TPSA) is 32.7 Å². The van der Waals surface area contributed by atoms with Gasteiger partial charge in [-0.2, -0.15) is 0 Å². The van der Waals surface area contributed by atoms with Crippen molar-refractivity contribution in [3.8, 4) is 0 Å². The molecule has 160 valence electrons. The van der Waals surface area contributed by atoms with Gasteiger partial charge in [0, 0.05) is 35.6 Å². The normalized spacial score (nSPS) is 17.9. The molecule has 3 nitrogen and oxygen atoms in total. The molecule has 1 aliphatic rings. The fraction of sp³-hybridized carbons (Fsp3) is 0.478. The van der Waals surface area contributed by atoms with Crippen LogP contribution < -0.4 is 0 Å². The number of morpholine rings is 1. The number of rotatable bonds is 8. The van der Waals surface area contributed by atoms with Gasteiger partial charge in [0.15, 0.2) is 0 Å². The number of unbranched alkanes of at least 4 members (excludes halogenated alkanes) is 1. The molecule has 2 unspecified atom stereocenters. The van der Waals surface area contributed by atoms with Crippen molar-refractivity contribution in [2.75, 3.05) is 32.8 Å². The van der Waals surface area contributed by atoms with Gasteiger partial charge < -0.3 is 9.84 Å². The summed E-state index contributed by atoms with van der Waals surface area (Å²) in [6, 6.07) is 15.5. The average Bonchev–Trinajstić information content (AvgIpc) is 2.72. The number of ether oxygens (including phenoxy) is 1. The fourth-order valence-corrected chi connectivity index (χ4v) is 4.23. The molecule has 0 radical (unpaired) electrons. The maximum Gasteiger partial charge on any atom is 0.0977 e. The van der Waals surface area contributed by atoms with Crippen molar-refractivity contribution >= 4 is 35.6 Å². The van der Waals surface area contributed by atoms with Gasteiger partial charge in [0.25, 0.3) is 0 Å². The van der Waals surface area contributed by atoms with Gasteiger partial charge in [-0.05, 0) is 41.8 Å². The zero-order valence-corrected chi connectivity index (χ0v) is 19.1. The van der Waals surface area contributed by atoms with Crippen molar-refractivity contribution in [2.45, 2.75) is 37.7 Å². The SMILES string of the molecule is CCCCC(O)(c1ccc(Cl)cc1)C(CN1CCOCC1)c1ccc(Cl)cc1.Cl. The first kappa shape index (κ1) is 24.5. The van der Waals surface area contributed by atoms with E-state index >= 15 is 0 Å². The lowest BCUT2D eigenvalue weighted by atomic mass is 9.74. The van der Waals surface area contributed by atoms with Gasteiger partial charge >= 0.3 is 0 Å². The molecule has 1 heterocycles. The van der Waals surface area contributed by atoms with Gasteiger partial charge in [0.05, 0.1) is 18.8 Å². The molecule has 1 aliphatic heterocycles. The zero-order chi connectivity index (χ0) is 20.0. The van der Waals surface area contributed by atoms with Crippen LogP contribution in [0.25, 0.3) is 0 Å². The van der Waals surface area contributed by atoms with Crippen LogP contribution >= 0.6 is 35.6 Å². The Morgan fingerprint density at radius 2 is 1.55 bits per heavy atom. The van der Waals surface area contributed by atoms with E-state index in [0.29, 0.717) is 16.5 Å². The molecule has 1 fully saturated rings. The Kier molecular flexibility index (Phi) is 9.74. The lowest BCUT2D eigenvalue weighted by Crippen LogP contribution is -2.45. The molecule has 6 heteroatoms. The second-order valence-corrected chi connectivity index (χ2v) is 8.42. The predicted molar refractivity (Wildman–Crippen MR) is 124 cm³/mol. The second kappa shape index (κ2) is 11.5. The number of aliphatic hydroxyl groups is 1. The summed E-state index contributed by atoms with van der Waals surface area (Å²) in [4.78, 5) is 2.38. The van der Waals surface area contributed by atoms with Crippen LogP contribution in [0.4, 0.5) is 0 Å². The molecule has 0 spiro atoms. The third kappa shape index (κ3) is 6.33. The molecule has 1 N–H and O–H groups in total. The molecule has 29 heavy (non-hydrogen) atoms. The average molecular weight is 459 g/mol. The highest BCUT2D eigenvalue weighted by atomic mass is 35.5. The van der Waals surface area contributed by atoms with E-state index in [1.54, 1.807) is 0 Å². The minimum Gasteiger partial charge on any atom is -0.384 e. The lowest BCUT2D eigenvalue weighted by molar-refractivity contribution is -0.0293. The van der Waals surface area contributed by atoms with Gasteiger partial charge in [0.2, 0.25) is 0 Å². The maximum absolute atomic E-state index is 12.1. The van der Waals surface area contributed by atoms with E-state index in [1.807, 2.05) is 48.5 Å². The van der Waals surface area contributed by atoms with E-state index in [2.05, 4.69) is 11.8 Å². The second-order valence-electron chi connectivity index (χ2n) is 7.55. The third-order valence-electron chi connectivity index (χ3n) is 5.65. The van der Waals surface area contributed by atoms with Crippen LogP contribution in [0.5, 0.6) is 0 Å². The molecule has 2 aromatic carbocycles. The molecule has 3 rings (SSSR count). The monoisotopic (exact) mass is 457 g/mol. The number of benzene rings is 2. The van der Waals surface area contributed by atoms with E-state index in [1.165, 1.54) is 0 Å². The molecule has 0 aliphatic carbocycles. The quantitative estimate of drug-likeness (QED) is 0.534. The Balaban J connectivity index is 0.00000300. The minimum absolute atomic E-state index is 0. The first-order valence-electron chi connectivity index (χ1n) is 10.1. The Morgan fingerprint density at radius 3 is 2.10 bits per heavy atom. The van der Waals surface area contributed by atoms with Gasteiger partial charge in [0.1, 0.15) is 0 Å². The van der Waals surface area contributed by atoms with E-state index < -0.39 is 5.60 Å². The van der Waals surface area contributed by atoms with E-state index in [4.69, 9.17) is 27.9 Å². The lowest BCUT2D eigenvalue weighted by Gasteiger charge is -2.41. The Labute approximate surface area is 190 Å². The van der Waals surface area contributed by atoms with Gasteiger partial charge in [-0.1, -0.05) is 67.2 Å². The van der Waals surface area contributed by atoms with Gasteiger partial charge in [-0.15, -0.1) is 12.4 Å². The largest absolute Gasteiger partial charge is 0.384 e. The summed E-state index contributed by atoms with van der Waals surface area (Å²) in [6.45, 7) is 6.17. The van der Waals surface area contributed by atoms with Crippen molar-refractivity contribution in [3.05, 3.63) is 69.7 Å². The summed E-state index contributed by atoms with van der Waals surface area (Å²) < 4.78 is 5.51. The Morgan fingerprint density at radius 1 is 1.00 bits per heavy atom. The molecular weight excluding hydrogens is 429 g/mol. The van der Waals surface area contributed by atoms with Gasteiger partial charge in [-0.25, -0.2) is 0 Å². The van der Waals surface area contributed by atoms with Crippen LogP contribution in [0, 0.1) is 0 Å². The van der Waals surface area contributed by atoms with Crippen LogP contribution in [-0.4, -0.2) is 42.9 Å². The summed E-state index contributed by atoms with van der Waals surface area (Å²) in [5, 5.41) is 13.5. The number of nitrogens with zero attached hydrogens (tertiary/aromatic N) is 1. The molecule has 2 aromatic rings. The third-order valence-corrected chi connectivity index (χ3v) is 6.15. The van der Waals surface area contributed by atoms with Crippen molar-refractivity contribution in [3.63, 3.8) is 0 Å². The number of hydrogen-bond acceptors (Lipinski definition) is 3. The summed E-state index contributed by atoms with van der Waals surface area (Å²) in [7, 11) is 0. The summed E-state index contributed by atoms with van der Waals surface area (Å²) in [5.74, 6) is -0.0735. The zero-order valence-electron chi connectivity index (χ0n) is 16.8. The Bertz CT molecular complexity index is 733. The van der Waals surface area contributed by atoms with Crippen molar-refractivity contribution in [1.82, 2.24) is 4.90 Å². The van der Waals surface area contributed by atoms with Crippen molar-refractivity contribution in [2.24, 2.45) is 0 Å². The summed E-state index contributed by atoms with van der Waals surface area (Å²) >= 11 is 12.3. The molecular formula is C23H30Cl3NO2. The van der Waals surface area contributed by atoms with Crippen LogP contribution in [0.1, 0.15) is 43.2 Å². The van der Waals surface area contributed by atoms with Crippen LogP contribution in [0.3, 0.4) is 0 Å². The van der Waals surface area contributed by atoms with Crippen LogP contribution in [0.2, 0.25) is 10.0 Å². The molecule has 0 aromatic heterocycles. The highest BCUT2D eigenvalue weighted by Crippen LogP contribution is 2.42. The van der Waals surface area contributed by atoms with Gasteiger partial charge in [-0.3, -0.25) is 4.90 Å². The van der Waals surface area contributed by atoms with E-state index in [0.717, 1.165) is 56.8 Å². The standard InChI is InChI=1S/C23H29Cl2NO2.ClH/c1-2-3-12-23(27,19-6-10-21(25)11-7-19)22(17-26-13-15-28-16-14-26)18-4-8-20(24)9-5-18;/h4-11,22,27H,2-3,12-17H2,1H3;1H. The molecule has 2 atom stereocenters. The highest BCUT2D eigenvalue weighted by Gasteiger charge is 2.40. The Hall–Kier alpha value is -0.810. The van der Waals surface area contributed by atoms with Crippen LogP contribution in [0.15, 0.2) is 48.5 Å². The maximum atomic E-state index is 12.1.